The fourth-order valence-corrected chi connectivity index (χ4v) is 2.22. The van der Waals surface area contributed by atoms with Crippen LogP contribution in [-0.4, -0.2) is 17.1 Å². The molecule has 0 aliphatic heterocycles. The molecular weight excluding hydrogens is 286 g/mol. The Balaban J connectivity index is 1.78. The minimum atomic E-state index is -0.196. The summed E-state index contributed by atoms with van der Waals surface area (Å²) in [5, 5.41) is 6.43. The van der Waals surface area contributed by atoms with Gasteiger partial charge in [-0.25, -0.2) is 4.79 Å². The molecule has 2 N–H and O–H groups in total. The summed E-state index contributed by atoms with van der Waals surface area (Å²) >= 11 is 6.11. The summed E-state index contributed by atoms with van der Waals surface area (Å²) in [6.07, 6.45) is 4.13. The third-order valence-corrected chi connectivity index (χ3v) is 3.41. The van der Waals surface area contributed by atoms with E-state index in [2.05, 4.69) is 15.6 Å². The van der Waals surface area contributed by atoms with Crippen LogP contribution in [0.4, 0.5) is 4.79 Å². The van der Waals surface area contributed by atoms with E-state index in [1.807, 2.05) is 43.3 Å². The van der Waals surface area contributed by atoms with E-state index in [0.717, 1.165) is 16.1 Å². The Hall–Kier alpha value is -2.07. The third-order valence-electron chi connectivity index (χ3n) is 3.04. The maximum Gasteiger partial charge on any atom is 0.315 e. The second kappa shape index (κ2) is 7.64. The van der Waals surface area contributed by atoms with Gasteiger partial charge >= 0.3 is 6.03 Å². The van der Waals surface area contributed by atoms with Crippen LogP contribution in [-0.2, 0) is 13.0 Å². The van der Waals surface area contributed by atoms with Crippen LogP contribution in [0.2, 0.25) is 5.02 Å². The Morgan fingerprint density at radius 1 is 1.29 bits per heavy atom. The average Bonchev–Trinajstić information content (AvgIpc) is 2.48. The van der Waals surface area contributed by atoms with Crippen molar-refractivity contribution in [2.45, 2.75) is 25.9 Å². The van der Waals surface area contributed by atoms with Gasteiger partial charge in [-0.15, -0.1) is 0 Å². The molecule has 110 valence electrons. The van der Waals surface area contributed by atoms with Gasteiger partial charge in [0, 0.05) is 30.0 Å². The summed E-state index contributed by atoms with van der Waals surface area (Å²) in [7, 11) is 0. The molecule has 1 atom stereocenters. The summed E-state index contributed by atoms with van der Waals surface area (Å²) in [6, 6.07) is 11.2. The third kappa shape index (κ3) is 5.08. The van der Waals surface area contributed by atoms with Crippen molar-refractivity contribution in [3.05, 3.63) is 64.9 Å². The maximum absolute atomic E-state index is 11.8. The molecule has 1 aromatic heterocycles. The van der Waals surface area contributed by atoms with E-state index < -0.39 is 0 Å². The summed E-state index contributed by atoms with van der Waals surface area (Å²) < 4.78 is 0. The lowest BCUT2D eigenvalue weighted by Crippen LogP contribution is -2.41. The summed E-state index contributed by atoms with van der Waals surface area (Å²) in [6.45, 7) is 2.41. The molecule has 2 aromatic rings. The number of nitrogens with zero attached hydrogens (tertiary/aromatic N) is 1. The van der Waals surface area contributed by atoms with Crippen LogP contribution in [0.5, 0.6) is 0 Å². The highest BCUT2D eigenvalue weighted by atomic mass is 35.5. The molecule has 21 heavy (non-hydrogen) atoms. The van der Waals surface area contributed by atoms with Gasteiger partial charge in [0.25, 0.3) is 0 Å². The van der Waals surface area contributed by atoms with Crippen LogP contribution in [0.1, 0.15) is 18.1 Å². The van der Waals surface area contributed by atoms with Gasteiger partial charge < -0.3 is 10.6 Å². The Morgan fingerprint density at radius 3 is 2.81 bits per heavy atom. The molecule has 1 heterocycles. The fraction of sp³-hybridized carbons (Fsp3) is 0.250. The number of hydrogen-bond donors (Lipinski definition) is 2. The van der Waals surface area contributed by atoms with Crippen molar-refractivity contribution in [2.75, 3.05) is 0 Å². The molecule has 0 saturated carbocycles. The number of carbonyl (C=O) groups is 1. The molecule has 0 fully saturated rings. The zero-order chi connectivity index (χ0) is 15.1. The number of carbonyl (C=O) groups excluding carboxylic acids is 1. The number of hydrogen-bond acceptors (Lipinski definition) is 2. The molecule has 0 bridgehead atoms. The van der Waals surface area contributed by atoms with Crippen molar-refractivity contribution in [3.63, 3.8) is 0 Å². The van der Waals surface area contributed by atoms with Crippen molar-refractivity contribution >= 4 is 17.6 Å². The molecule has 0 radical (unpaired) electrons. The van der Waals surface area contributed by atoms with Crippen molar-refractivity contribution in [3.8, 4) is 0 Å². The SMILES string of the molecule is CC(Cc1ccccc1Cl)NC(=O)NCc1cccnc1. The van der Waals surface area contributed by atoms with Crippen LogP contribution in [0, 0.1) is 0 Å². The van der Waals surface area contributed by atoms with Gasteiger partial charge in [0.1, 0.15) is 0 Å². The molecule has 0 saturated heterocycles. The summed E-state index contributed by atoms with van der Waals surface area (Å²) in [4.78, 5) is 15.8. The highest BCUT2D eigenvalue weighted by Crippen LogP contribution is 2.16. The lowest BCUT2D eigenvalue weighted by Gasteiger charge is -2.15. The molecule has 2 amide bonds. The van der Waals surface area contributed by atoms with Crippen LogP contribution in [0.3, 0.4) is 0 Å². The van der Waals surface area contributed by atoms with E-state index >= 15 is 0 Å². The first-order chi connectivity index (χ1) is 10.1. The average molecular weight is 304 g/mol. The van der Waals surface area contributed by atoms with E-state index in [-0.39, 0.29) is 12.1 Å². The predicted octanol–water partition coefficient (Wildman–Crippen LogP) is 3.17. The van der Waals surface area contributed by atoms with Gasteiger partial charge in [0.05, 0.1) is 0 Å². The van der Waals surface area contributed by atoms with Crippen molar-refractivity contribution in [2.24, 2.45) is 0 Å². The second-order valence-corrected chi connectivity index (χ2v) is 5.29. The molecule has 0 aliphatic rings. The van der Waals surface area contributed by atoms with Crippen molar-refractivity contribution in [1.29, 1.82) is 0 Å². The van der Waals surface area contributed by atoms with Gasteiger partial charge in [0.15, 0.2) is 0 Å². The maximum atomic E-state index is 11.8. The van der Waals surface area contributed by atoms with Crippen LogP contribution in [0.25, 0.3) is 0 Å². The molecule has 4 nitrogen and oxygen atoms in total. The number of nitrogens with one attached hydrogen (secondary N) is 2. The predicted molar refractivity (Wildman–Crippen MR) is 84.2 cm³/mol. The van der Waals surface area contributed by atoms with E-state index in [0.29, 0.717) is 13.0 Å². The van der Waals surface area contributed by atoms with Crippen LogP contribution in [0.15, 0.2) is 48.8 Å². The topological polar surface area (TPSA) is 54.0 Å². The van der Waals surface area contributed by atoms with Gasteiger partial charge in [-0.1, -0.05) is 35.9 Å². The number of rotatable bonds is 5. The normalized spacial score (nSPS) is 11.7. The minimum absolute atomic E-state index is 0.00111. The number of halogens is 1. The van der Waals surface area contributed by atoms with E-state index in [1.54, 1.807) is 12.4 Å². The standard InChI is InChI=1S/C16H18ClN3O/c1-12(9-14-6-2-3-7-15(14)17)20-16(21)19-11-13-5-4-8-18-10-13/h2-8,10,12H,9,11H2,1H3,(H2,19,20,21). The van der Waals surface area contributed by atoms with Gasteiger partial charge in [-0.3, -0.25) is 4.98 Å². The summed E-state index contributed by atoms with van der Waals surface area (Å²) in [5.74, 6) is 0. The monoisotopic (exact) mass is 303 g/mol. The molecule has 5 heteroatoms. The molecular formula is C16H18ClN3O. The summed E-state index contributed by atoms with van der Waals surface area (Å²) in [5.41, 5.74) is 1.99. The second-order valence-electron chi connectivity index (χ2n) is 4.88. The number of urea groups is 1. The highest BCUT2D eigenvalue weighted by molar-refractivity contribution is 6.31. The molecule has 0 aliphatic carbocycles. The number of pyridine rings is 1. The van der Waals surface area contributed by atoms with E-state index in [9.17, 15) is 4.79 Å². The first kappa shape index (κ1) is 15.3. The zero-order valence-electron chi connectivity index (χ0n) is 11.8. The Kier molecular flexibility index (Phi) is 5.58. The van der Waals surface area contributed by atoms with Crippen LogP contribution >= 0.6 is 11.6 Å². The molecule has 1 unspecified atom stereocenters. The van der Waals surface area contributed by atoms with Crippen LogP contribution < -0.4 is 10.6 Å². The largest absolute Gasteiger partial charge is 0.335 e. The lowest BCUT2D eigenvalue weighted by molar-refractivity contribution is 0.237. The zero-order valence-corrected chi connectivity index (χ0v) is 12.6. The first-order valence-electron chi connectivity index (χ1n) is 6.82. The minimum Gasteiger partial charge on any atom is -0.335 e. The number of amides is 2. The van der Waals surface area contributed by atoms with Gasteiger partial charge in [-0.05, 0) is 36.6 Å². The first-order valence-corrected chi connectivity index (χ1v) is 7.19. The van der Waals surface area contributed by atoms with Crippen molar-refractivity contribution < 1.29 is 4.79 Å². The van der Waals surface area contributed by atoms with Gasteiger partial charge in [0.2, 0.25) is 0 Å². The lowest BCUT2D eigenvalue weighted by atomic mass is 10.1. The van der Waals surface area contributed by atoms with E-state index in [1.165, 1.54) is 0 Å². The number of aromatic nitrogens is 1. The Labute approximate surface area is 129 Å². The van der Waals surface area contributed by atoms with Crippen molar-refractivity contribution in [1.82, 2.24) is 15.6 Å². The Bertz CT molecular complexity index is 589. The van der Waals surface area contributed by atoms with E-state index in [4.69, 9.17) is 11.6 Å². The molecule has 1 aromatic carbocycles. The van der Waals surface area contributed by atoms with Gasteiger partial charge in [-0.2, -0.15) is 0 Å². The smallest absolute Gasteiger partial charge is 0.315 e. The fourth-order valence-electron chi connectivity index (χ4n) is 2.00. The Morgan fingerprint density at radius 2 is 2.10 bits per heavy atom. The molecule has 0 spiro atoms. The number of benzene rings is 1. The highest BCUT2D eigenvalue weighted by Gasteiger charge is 2.09. The molecule has 2 rings (SSSR count). The quantitative estimate of drug-likeness (QED) is 0.891.